The van der Waals surface area contributed by atoms with Crippen LogP contribution in [0.15, 0.2) is 41.2 Å². The zero-order chi connectivity index (χ0) is 20.5. The van der Waals surface area contributed by atoms with Crippen LogP contribution in [0.5, 0.6) is 5.75 Å². The number of benzene rings is 1. The molecule has 152 valence electrons. The lowest BCUT2D eigenvalue weighted by atomic mass is 9.82. The number of ether oxygens (including phenoxy) is 1. The van der Waals surface area contributed by atoms with Gasteiger partial charge in [-0.25, -0.2) is 0 Å². The van der Waals surface area contributed by atoms with E-state index in [2.05, 4.69) is 11.4 Å². The Morgan fingerprint density at radius 3 is 2.55 bits per heavy atom. The van der Waals surface area contributed by atoms with Gasteiger partial charge in [-0.2, -0.15) is 0 Å². The van der Waals surface area contributed by atoms with Gasteiger partial charge in [0.05, 0.1) is 0 Å². The number of nitrogens with one attached hydrogen (secondary N) is 1. The summed E-state index contributed by atoms with van der Waals surface area (Å²) >= 11 is 0. The summed E-state index contributed by atoms with van der Waals surface area (Å²) in [4.78, 5) is 37.9. The average molecular weight is 395 g/mol. The maximum Gasteiger partial charge on any atom is 0.257 e. The van der Waals surface area contributed by atoms with E-state index in [1.54, 1.807) is 32.2 Å². The van der Waals surface area contributed by atoms with Gasteiger partial charge in [-0.05, 0) is 41.7 Å². The standard InChI is InChI=1S/C22H25N3O4/c1-14(26)24-10-15-7-18(12-24)20-8-17(9-22(28)25(20)11-15)16-3-5-19(6-4-16)29-13-21(27)23-2/h3-6,8-9,15,18H,7,10-13H2,1-2H3,(H,23,27)/t15-,18+/m0/s1. The molecule has 29 heavy (non-hydrogen) atoms. The summed E-state index contributed by atoms with van der Waals surface area (Å²) < 4.78 is 7.31. The highest BCUT2D eigenvalue weighted by Crippen LogP contribution is 2.36. The first-order valence-corrected chi connectivity index (χ1v) is 9.88. The highest BCUT2D eigenvalue weighted by Gasteiger charge is 2.35. The number of hydrogen-bond acceptors (Lipinski definition) is 4. The number of nitrogens with zero attached hydrogens (tertiary/aromatic N) is 2. The van der Waals surface area contributed by atoms with E-state index >= 15 is 0 Å². The van der Waals surface area contributed by atoms with E-state index in [1.807, 2.05) is 21.6 Å². The lowest BCUT2D eigenvalue weighted by Gasteiger charge is -2.42. The minimum Gasteiger partial charge on any atom is -0.484 e. The van der Waals surface area contributed by atoms with E-state index < -0.39 is 0 Å². The summed E-state index contributed by atoms with van der Waals surface area (Å²) in [7, 11) is 1.56. The second-order valence-electron chi connectivity index (χ2n) is 7.83. The number of amides is 2. The van der Waals surface area contributed by atoms with Crippen molar-refractivity contribution in [2.45, 2.75) is 25.8 Å². The zero-order valence-electron chi connectivity index (χ0n) is 16.7. The number of carbonyl (C=O) groups is 2. The molecule has 1 fully saturated rings. The van der Waals surface area contributed by atoms with Crippen LogP contribution in [0.3, 0.4) is 0 Å². The maximum atomic E-state index is 12.8. The molecule has 4 rings (SSSR count). The molecule has 2 amide bonds. The van der Waals surface area contributed by atoms with Crippen molar-refractivity contribution in [2.75, 3.05) is 26.7 Å². The normalized spacial score (nSPS) is 20.0. The van der Waals surface area contributed by atoms with Crippen LogP contribution in [0.25, 0.3) is 11.1 Å². The molecule has 0 saturated carbocycles. The molecule has 1 saturated heterocycles. The first-order valence-electron chi connectivity index (χ1n) is 9.88. The number of hydrogen-bond donors (Lipinski definition) is 1. The van der Waals surface area contributed by atoms with Crippen LogP contribution in [0.1, 0.15) is 25.0 Å². The van der Waals surface area contributed by atoms with E-state index in [9.17, 15) is 14.4 Å². The van der Waals surface area contributed by atoms with Crippen molar-refractivity contribution in [3.05, 3.63) is 52.4 Å². The average Bonchev–Trinajstić information content (AvgIpc) is 2.72. The highest BCUT2D eigenvalue weighted by atomic mass is 16.5. The van der Waals surface area contributed by atoms with Gasteiger partial charge in [0.25, 0.3) is 11.5 Å². The summed E-state index contributed by atoms with van der Waals surface area (Å²) in [5.41, 5.74) is 2.79. The van der Waals surface area contributed by atoms with E-state index in [0.29, 0.717) is 24.8 Å². The number of pyridine rings is 1. The van der Waals surface area contributed by atoms with Gasteiger partial charge in [0, 0.05) is 51.3 Å². The number of fused-ring (bicyclic) bond motifs is 4. The van der Waals surface area contributed by atoms with Crippen molar-refractivity contribution in [1.29, 1.82) is 0 Å². The Morgan fingerprint density at radius 2 is 1.86 bits per heavy atom. The van der Waals surface area contributed by atoms with Gasteiger partial charge in [-0.1, -0.05) is 12.1 Å². The number of rotatable bonds is 4. The first kappa shape index (κ1) is 19.2. The van der Waals surface area contributed by atoms with Crippen molar-refractivity contribution < 1.29 is 14.3 Å². The molecule has 0 unspecified atom stereocenters. The van der Waals surface area contributed by atoms with Gasteiger partial charge in [0.15, 0.2) is 6.61 Å². The van der Waals surface area contributed by atoms with Crippen LogP contribution in [-0.2, 0) is 16.1 Å². The summed E-state index contributed by atoms with van der Waals surface area (Å²) in [6, 6.07) is 11.1. The lowest BCUT2D eigenvalue weighted by molar-refractivity contribution is -0.131. The highest BCUT2D eigenvalue weighted by molar-refractivity contribution is 5.77. The van der Waals surface area contributed by atoms with Crippen LogP contribution >= 0.6 is 0 Å². The van der Waals surface area contributed by atoms with Crippen molar-refractivity contribution in [1.82, 2.24) is 14.8 Å². The van der Waals surface area contributed by atoms with Gasteiger partial charge < -0.3 is 19.5 Å². The monoisotopic (exact) mass is 395 g/mol. The number of likely N-dealkylation sites (N-methyl/N-ethyl adjacent to an activating group) is 1. The van der Waals surface area contributed by atoms with Gasteiger partial charge >= 0.3 is 0 Å². The molecule has 7 nitrogen and oxygen atoms in total. The summed E-state index contributed by atoms with van der Waals surface area (Å²) in [5.74, 6) is 1.03. The molecule has 1 aromatic heterocycles. The van der Waals surface area contributed by atoms with E-state index in [1.165, 1.54) is 0 Å². The summed E-state index contributed by atoms with van der Waals surface area (Å²) in [6.07, 6.45) is 1.01. The third kappa shape index (κ3) is 3.90. The van der Waals surface area contributed by atoms with E-state index in [0.717, 1.165) is 29.8 Å². The van der Waals surface area contributed by atoms with Gasteiger partial charge in [0.1, 0.15) is 5.75 Å². The van der Waals surface area contributed by atoms with Crippen molar-refractivity contribution >= 4 is 11.8 Å². The predicted octanol–water partition coefficient (Wildman–Crippen LogP) is 1.61. The van der Waals surface area contributed by atoms with E-state index in [-0.39, 0.29) is 29.9 Å². The molecule has 2 bridgehead atoms. The number of likely N-dealkylation sites (tertiary alicyclic amines) is 1. The molecule has 2 aliphatic heterocycles. The molecular weight excluding hydrogens is 370 g/mol. The molecule has 7 heteroatoms. The Labute approximate surface area is 169 Å². The second kappa shape index (κ2) is 7.73. The van der Waals surface area contributed by atoms with Gasteiger partial charge in [-0.3, -0.25) is 14.4 Å². The molecule has 0 radical (unpaired) electrons. The number of piperidine rings is 1. The van der Waals surface area contributed by atoms with Crippen LogP contribution in [-0.4, -0.2) is 48.0 Å². The smallest absolute Gasteiger partial charge is 0.257 e. The second-order valence-corrected chi connectivity index (χ2v) is 7.83. The molecular formula is C22H25N3O4. The predicted molar refractivity (Wildman–Crippen MR) is 109 cm³/mol. The fourth-order valence-corrected chi connectivity index (χ4v) is 4.35. The van der Waals surface area contributed by atoms with E-state index in [4.69, 9.17) is 4.74 Å². The minimum absolute atomic E-state index is 0.00317. The molecule has 2 aliphatic rings. The zero-order valence-corrected chi connectivity index (χ0v) is 16.7. The topological polar surface area (TPSA) is 80.6 Å². The molecule has 2 aromatic rings. The SMILES string of the molecule is CNC(=O)COc1ccc(-c2cc3n(c(=O)c2)C[C@H]2C[C@@H]3CN(C(C)=O)C2)cc1. The Bertz CT molecular complexity index is 996. The lowest BCUT2D eigenvalue weighted by Crippen LogP contribution is -2.48. The molecule has 0 aliphatic carbocycles. The first-order chi connectivity index (χ1) is 13.9. The Hall–Kier alpha value is -3.09. The minimum atomic E-state index is -0.192. The third-order valence-electron chi connectivity index (χ3n) is 5.84. The molecule has 0 spiro atoms. The van der Waals surface area contributed by atoms with Crippen molar-refractivity contribution in [3.8, 4) is 16.9 Å². The van der Waals surface area contributed by atoms with Crippen LogP contribution in [0.4, 0.5) is 0 Å². The summed E-state index contributed by atoms with van der Waals surface area (Å²) in [5, 5.41) is 2.51. The fourth-order valence-electron chi connectivity index (χ4n) is 4.35. The fraction of sp³-hybridized carbons (Fsp3) is 0.409. The quantitative estimate of drug-likeness (QED) is 0.853. The molecule has 3 heterocycles. The summed E-state index contributed by atoms with van der Waals surface area (Å²) in [6.45, 7) is 3.64. The third-order valence-corrected chi connectivity index (χ3v) is 5.84. The van der Waals surface area contributed by atoms with Gasteiger partial charge in [-0.15, -0.1) is 0 Å². The molecule has 2 atom stereocenters. The van der Waals surface area contributed by atoms with Crippen LogP contribution < -0.4 is 15.6 Å². The molecule has 1 aromatic carbocycles. The van der Waals surface area contributed by atoms with Crippen molar-refractivity contribution in [3.63, 3.8) is 0 Å². The Morgan fingerprint density at radius 1 is 1.10 bits per heavy atom. The van der Waals surface area contributed by atoms with Gasteiger partial charge in [0.2, 0.25) is 5.91 Å². The van der Waals surface area contributed by atoms with Crippen LogP contribution in [0.2, 0.25) is 0 Å². The molecule has 1 N–H and O–H groups in total. The largest absolute Gasteiger partial charge is 0.484 e. The Kier molecular flexibility index (Phi) is 5.13. The number of carbonyl (C=O) groups excluding carboxylic acids is 2. The maximum absolute atomic E-state index is 12.8. The number of aromatic nitrogens is 1. The Balaban J connectivity index is 1.60. The van der Waals surface area contributed by atoms with Crippen LogP contribution in [0, 0.1) is 5.92 Å². The van der Waals surface area contributed by atoms with Crippen molar-refractivity contribution in [2.24, 2.45) is 5.92 Å².